The van der Waals surface area contributed by atoms with E-state index in [1.54, 1.807) is 0 Å². The van der Waals surface area contributed by atoms with E-state index < -0.39 is 5.97 Å². The lowest BCUT2D eigenvalue weighted by Crippen LogP contribution is -2.56. The first-order valence-electron chi connectivity index (χ1n) is 7.38. The highest BCUT2D eigenvalue weighted by atomic mass is 16.5. The standard InChI is InChI=1S/C14H24N2O4/c1-10(2)8-15(9-13(17)18)14(19)16-6-7-20-12-5-3-4-11(12)16/h10-12H,3-9H2,1-2H3,(H,17,18). The summed E-state index contributed by atoms with van der Waals surface area (Å²) in [4.78, 5) is 26.9. The summed E-state index contributed by atoms with van der Waals surface area (Å²) >= 11 is 0. The summed E-state index contributed by atoms with van der Waals surface area (Å²) in [5.41, 5.74) is 0. The second-order valence-corrected chi connectivity index (χ2v) is 6.05. The van der Waals surface area contributed by atoms with Crippen molar-refractivity contribution in [2.24, 2.45) is 5.92 Å². The summed E-state index contributed by atoms with van der Waals surface area (Å²) in [5, 5.41) is 8.99. The number of urea groups is 1. The van der Waals surface area contributed by atoms with Crippen molar-refractivity contribution < 1.29 is 19.4 Å². The molecule has 20 heavy (non-hydrogen) atoms. The topological polar surface area (TPSA) is 70.1 Å². The van der Waals surface area contributed by atoms with Gasteiger partial charge in [0.2, 0.25) is 0 Å². The van der Waals surface area contributed by atoms with Crippen LogP contribution in [-0.2, 0) is 9.53 Å². The minimum atomic E-state index is -0.963. The minimum Gasteiger partial charge on any atom is -0.480 e. The Bertz CT molecular complexity index is 372. The zero-order valence-corrected chi connectivity index (χ0v) is 12.2. The number of nitrogens with zero attached hydrogens (tertiary/aromatic N) is 2. The quantitative estimate of drug-likeness (QED) is 0.847. The molecular weight excluding hydrogens is 260 g/mol. The molecule has 1 heterocycles. The predicted molar refractivity (Wildman–Crippen MR) is 73.5 cm³/mol. The van der Waals surface area contributed by atoms with Gasteiger partial charge in [0.25, 0.3) is 0 Å². The van der Waals surface area contributed by atoms with E-state index in [-0.39, 0.29) is 30.6 Å². The third-order valence-corrected chi connectivity index (χ3v) is 3.91. The number of hydrogen-bond donors (Lipinski definition) is 1. The number of aliphatic carboxylic acids is 1. The number of carboxylic acids is 1. The number of hydrogen-bond acceptors (Lipinski definition) is 3. The van der Waals surface area contributed by atoms with Crippen LogP contribution in [0.15, 0.2) is 0 Å². The van der Waals surface area contributed by atoms with Crippen LogP contribution in [0.25, 0.3) is 0 Å². The van der Waals surface area contributed by atoms with Crippen molar-refractivity contribution in [1.29, 1.82) is 0 Å². The van der Waals surface area contributed by atoms with Crippen LogP contribution in [0.2, 0.25) is 0 Å². The lowest BCUT2D eigenvalue weighted by Gasteiger charge is -2.40. The highest BCUT2D eigenvalue weighted by Gasteiger charge is 2.40. The molecule has 2 unspecified atom stereocenters. The number of ether oxygens (including phenoxy) is 1. The molecule has 0 radical (unpaired) electrons. The van der Waals surface area contributed by atoms with Gasteiger partial charge >= 0.3 is 12.0 Å². The Labute approximate surface area is 119 Å². The number of carboxylic acid groups (broad SMARTS) is 1. The molecular formula is C14H24N2O4. The van der Waals surface area contributed by atoms with E-state index in [0.29, 0.717) is 19.7 Å². The molecule has 6 nitrogen and oxygen atoms in total. The third-order valence-electron chi connectivity index (χ3n) is 3.91. The van der Waals surface area contributed by atoms with E-state index in [4.69, 9.17) is 9.84 Å². The van der Waals surface area contributed by atoms with E-state index >= 15 is 0 Å². The first kappa shape index (κ1) is 15.1. The molecule has 2 rings (SSSR count). The fourth-order valence-corrected chi connectivity index (χ4v) is 3.16. The summed E-state index contributed by atoms with van der Waals surface area (Å²) in [6, 6.07) is -0.0268. The van der Waals surface area contributed by atoms with Crippen LogP contribution in [-0.4, -0.2) is 65.3 Å². The van der Waals surface area contributed by atoms with Crippen molar-refractivity contribution >= 4 is 12.0 Å². The molecule has 0 bridgehead atoms. The van der Waals surface area contributed by atoms with Crippen molar-refractivity contribution in [3.05, 3.63) is 0 Å². The highest BCUT2D eigenvalue weighted by Crippen LogP contribution is 2.30. The molecule has 114 valence electrons. The number of rotatable bonds is 4. The molecule has 0 aromatic heterocycles. The summed E-state index contributed by atoms with van der Waals surface area (Å²) in [7, 11) is 0. The van der Waals surface area contributed by atoms with Crippen molar-refractivity contribution in [3.8, 4) is 0 Å². The lowest BCUT2D eigenvalue weighted by atomic mass is 10.1. The van der Waals surface area contributed by atoms with Crippen LogP contribution >= 0.6 is 0 Å². The minimum absolute atomic E-state index is 0.125. The molecule has 1 N–H and O–H groups in total. The molecule has 2 aliphatic rings. The molecule has 1 saturated carbocycles. The Hall–Kier alpha value is -1.30. The van der Waals surface area contributed by atoms with Gasteiger partial charge < -0.3 is 19.6 Å². The largest absolute Gasteiger partial charge is 0.480 e. The van der Waals surface area contributed by atoms with E-state index in [1.165, 1.54) is 4.90 Å². The Morgan fingerprint density at radius 2 is 2.15 bits per heavy atom. The summed E-state index contributed by atoms with van der Waals surface area (Å²) in [5.74, 6) is -0.714. The van der Waals surface area contributed by atoms with Gasteiger partial charge in [0.05, 0.1) is 18.8 Å². The third kappa shape index (κ3) is 3.42. The zero-order valence-electron chi connectivity index (χ0n) is 12.2. The van der Waals surface area contributed by atoms with Gasteiger partial charge in [-0.2, -0.15) is 0 Å². The molecule has 2 fully saturated rings. The smallest absolute Gasteiger partial charge is 0.323 e. The predicted octanol–water partition coefficient (Wildman–Crippen LogP) is 1.40. The molecule has 0 spiro atoms. The number of amides is 2. The average molecular weight is 284 g/mol. The second kappa shape index (κ2) is 6.43. The van der Waals surface area contributed by atoms with Crippen LogP contribution in [0.4, 0.5) is 4.79 Å². The van der Waals surface area contributed by atoms with Crippen LogP contribution in [0, 0.1) is 5.92 Å². The van der Waals surface area contributed by atoms with Gasteiger partial charge in [0.15, 0.2) is 0 Å². The molecule has 6 heteroatoms. The van der Waals surface area contributed by atoms with Crippen molar-refractivity contribution in [2.45, 2.75) is 45.3 Å². The monoisotopic (exact) mass is 284 g/mol. The van der Waals surface area contributed by atoms with E-state index in [1.807, 2.05) is 18.7 Å². The normalized spacial score (nSPS) is 25.6. The molecule has 0 aromatic rings. The molecule has 1 aliphatic carbocycles. The van der Waals surface area contributed by atoms with Crippen LogP contribution in [0.1, 0.15) is 33.1 Å². The van der Waals surface area contributed by atoms with Gasteiger partial charge in [-0.25, -0.2) is 4.79 Å². The highest BCUT2D eigenvalue weighted by molar-refractivity contribution is 5.80. The maximum absolute atomic E-state index is 12.6. The van der Waals surface area contributed by atoms with Gasteiger partial charge in [-0.05, 0) is 25.2 Å². The number of morpholine rings is 1. The van der Waals surface area contributed by atoms with Crippen LogP contribution < -0.4 is 0 Å². The van der Waals surface area contributed by atoms with Gasteiger partial charge in [-0.3, -0.25) is 4.79 Å². The summed E-state index contributed by atoms with van der Waals surface area (Å²) in [6.07, 6.45) is 3.16. The van der Waals surface area contributed by atoms with Crippen molar-refractivity contribution in [3.63, 3.8) is 0 Å². The molecule has 0 aromatic carbocycles. The van der Waals surface area contributed by atoms with Gasteiger partial charge in [0, 0.05) is 13.1 Å². The van der Waals surface area contributed by atoms with Gasteiger partial charge in [0.1, 0.15) is 6.54 Å². The maximum atomic E-state index is 12.6. The van der Waals surface area contributed by atoms with Crippen LogP contribution in [0.3, 0.4) is 0 Å². The van der Waals surface area contributed by atoms with E-state index in [2.05, 4.69) is 0 Å². The van der Waals surface area contributed by atoms with Crippen molar-refractivity contribution in [2.75, 3.05) is 26.2 Å². The SMILES string of the molecule is CC(C)CN(CC(=O)O)C(=O)N1CCOC2CCCC21. The number of carbonyl (C=O) groups is 2. The Morgan fingerprint density at radius 3 is 2.80 bits per heavy atom. The number of carbonyl (C=O) groups excluding carboxylic acids is 1. The molecule has 2 amide bonds. The first-order chi connectivity index (χ1) is 9.49. The van der Waals surface area contributed by atoms with E-state index in [0.717, 1.165) is 19.3 Å². The maximum Gasteiger partial charge on any atom is 0.323 e. The Kier molecular flexibility index (Phi) is 4.86. The van der Waals surface area contributed by atoms with Gasteiger partial charge in [-0.1, -0.05) is 13.8 Å². The Morgan fingerprint density at radius 1 is 1.40 bits per heavy atom. The average Bonchev–Trinajstić information content (AvgIpc) is 2.83. The second-order valence-electron chi connectivity index (χ2n) is 6.05. The summed E-state index contributed by atoms with van der Waals surface area (Å²) < 4.78 is 5.70. The van der Waals surface area contributed by atoms with Crippen LogP contribution in [0.5, 0.6) is 0 Å². The molecule has 1 saturated heterocycles. The van der Waals surface area contributed by atoms with Crippen molar-refractivity contribution in [1.82, 2.24) is 9.80 Å². The number of fused-ring (bicyclic) bond motifs is 1. The Balaban J connectivity index is 2.07. The van der Waals surface area contributed by atoms with E-state index in [9.17, 15) is 9.59 Å². The zero-order chi connectivity index (χ0) is 14.7. The fourth-order valence-electron chi connectivity index (χ4n) is 3.16. The van der Waals surface area contributed by atoms with Gasteiger partial charge in [-0.15, -0.1) is 0 Å². The molecule has 1 aliphatic heterocycles. The molecule has 2 atom stereocenters. The lowest BCUT2D eigenvalue weighted by molar-refractivity contribution is -0.138. The fraction of sp³-hybridized carbons (Fsp3) is 0.857. The first-order valence-corrected chi connectivity index (χ1v) is 7.38. The summed E-state index contributed by atoms with van der Waals surface area (Å²) in [6.45, 7) is 5.33.